The van der Waals surface area contributed by atoms with E-state index in [0.717, 1.165) is 22.4 Å². The number of hydrogen-bond acceptors (Lipinski definition) is 3. The number of methoxy groups -OCH3 is 1. The van der Waals surface area contributed by atoms with E-state index in [1.54, 1.807) is 13.2 Å². The highest BCUT2D eigenvalue weighted by Gasteiger charge is 2.07. The number of nitrogens with one attached hydrogen (secondary N) is 1. The molecule has 2 aromatic rings. The summed E-state index contributed by atoms with van der Waals surface area (Å²) in [6.45, 7) is 3.93. The van der Waals surface area contributed by atoms with Crippen molar-refractivity contribution in [2.75, 3.05) is 12.4 Å². The summed E-state index contributed by atoms with van der Waals surface area (Å²) in [6.07, 6.45) is 4.61. The van der Waals surface area contributed by atoms with E-state index >= 15 is 0 Å². The number of aryl methyl sites for hydroxylation is 2. The third kappa shape index (κ3) is 4.47. The molecule has 0 aliphatic heterocycles. The predicted molar refractivity (Wildman–Crippen MR) is 94.4 cm³/mol. The molecule has 1 aromatic heterocycles. The highest BCUT2D eigenvalue weighted by Crippen LogP contribution is 2.24. The van der Waals surface area contributed by atoms with Gasteiger partial charge in [0.05, 0.1) is 17.2 Å². The fraction of sp³-hybridized carbons (Fsp3) is 0.176. The van der Waals surface area contributed by atoms with E-state index in [-0.39, 0.29) is 16.7 Å². The fourth-order valence-corrected chi connectivity index (χ4v) is 2.57. The van der Waals surface area contributed by atoms with E-state index < -0.39 is 0 Å². The molecule has 0 radical (unpaired) electrons. The summed E-state index contributed by atoms with van der Waals surface area (Å²) in [4.78, 5) is 16.0. The van der Waals surface area contributed by atoms with Gasteiger partial charge in [-0.15, -0.1) is 0 Å². The molecule has 0 aliphatic rings. The molecule has 0 atom stereocenters. The molecule has 4 nitrogen and oxygen atoms in total. The van der Waals surface area contributed by atoms with Crippen LogP contribution in [0.2, 0.25) is 10.0 Å². The standard InChI is InChI=1S/C17H16Cl2N2O2/c1-10-6-13(23-3)7-11(2)14(10)4-5-16(22)21-17-15(19)8-12(18)9-20-17/h4-9H,1-3H3,(H,20,21,22)/b5-4+. The summed E-state index contributed by atoms with van der Waals surface area (Å²) in [6, 6.07) is 5.36. The van der Waals surface area contributed by atoms with Gasteiger partial charge >= 0.3 is 0 Å². The fourth-order valence-electron chi connectivity index (χ4n) is 2.14. The Bertz CT molecular complexity index is 750. The zero-order valence-corrected chi connectivity index (χ0v) is 14.5. The Morgan fingerprint density at radius 1 is 1.22 bits per heavy atom. The van der Waals surface area contributed by atoms with Crippen molar-refractivity contribution in [2.45, 2.75) is 13.8 Å². The second-order valence-electron chi connectivity index (χ2n) is 4.98. The molecule has 0 aliphatic carbocycles. The lowest BCUT2D eigenvalue weighted by Crippen LogP contribution is -2.09. The number of carbonyl (C=O) groups is 1. The van der Waals surface area contributed by atoms with Crippen molar-refractivity contribution in [1.29, 1.82) is 0 Å². The second kappa shape index (κ2) is 7.49. The molecule has 2 rings (SSSR count). The van der Waals surface area contributed by atoms with Crippen LogP contribution in [0.15, 0.2) is 30.5 Å². The number of anilines is 1. The number of benzene rings is 1. The molecule has 1 aromatic carbocycles. The maximum absolute atomic E-state index is 12.0. The lowest BCUT2D eigenvalue weighted by atomic mass is 10.0. The Morgan fingerprint density at radius 3 is 2.43 bits per heavy atom. The molecule has 6 heteroatoms. The van der Waals surface area contributed by atoms with Crippen LogP contribution in [-0.4, -0.2) is 18.0 Å². The van der Waals surface area contributed by atoms with Crippen LogP contribution in [0.3, 0.4) is 0 Å². The maximum atomic E-state index is 12.0. The summed E-state index contributed by atoms with van der Waals surface area (Å²) >= 11 is 11.7. The van der Waals surface area contributed by atoms with Crippen molar-refractivity contribution in [3.05, 3.63) is 57.2 Å². The molecule has 1 heterocycles. The minimum absolute atomic E-state index is 0.272. The number of rotatable bonds is 4. The van der Waals surface area contributed by atoms with Crippen LogP contribution in [0.25, 0.3) is 6.08 Å². The SMILES string of the molecule is COc1cc(C)c(/C=C/C(=O)Nc2ncc(Cl)cc2Cl)c(C)c1. The first-order valence-corrected chi connectivity index (χ1v) is 7.61. The average Bonchev–Trinajstić information content (AvgIpc) is 2.49. The van der Waals surface area contributed by atoms with Crippen molar-refractivity contribution in [3.8, 4) is 5.75 Å². The van der Waals surface area contributed by atoms with E-state index in [0.29, 0.717) is 5.02 Å². The molecule has 23 heavy (non-hydrogen) atoms. The van der Waals surface area contributed by atoms with Gasteiger partial charge < -0.3 is 10.1 Å². The van der Waals surface area contributed by atoms with Crippen molar-refractivity contribution < 1.29 is 9.53 Å². The predicted octanol–water partition coefficient (Wildman–Crippen LogP) is 4.67. The van der Waals surface area contributed by atoms with Crippen LogP contribution in [0.1, 0.15) is 16.7 Å². The lowest BCUT2D eigenvalue weighted by molar-refractivity contribution is -0.111. The van der Waals surface area contributed by atoms with Crippen molar-refractivity contribution in [2.24, 2.45) is 0 Å². The van der Waals surface area contributed by atoms with Gasteiger partial charge in [-0.1, -0.05) is 23.2 Å². The zero-order chi connectivity index (χ0) is 17.0. The average molecular weight is 351 g/mol. The van der Waals surface area contributed by atoms with Crippen LogP contribution >= 0.6 is 23.2 Å². The van der Waals surface area contributed by atoms with Gasteiger partial charge in [-0.2, -0.15) is 0 Å². The Morgan fingerprint density at radius 2 is 1.87 bits per heavy atom. The summed E-state index contributed by atoms with van der Waals surface area (Å²) in [5, 5.41) is 3.32. The van der Waals surface area contributed by atoms with Crippen LogP contribution in [0.5, 0.6) is 5.75 Å². The van der Waals surface area contributed by atoms with E-state index in [4.69, 9.17) is 27.9 Å². The highest BCUT2D eigenvalue weighted by atomic mass is 35.5. The maximum Gasteiger partial charge on any atom is 0.249 e. The monoisotopic (exact) mass is 350 g/mol. The minimum atomic E-state index is -0.323. The first-order valence-electron chi connectivity index (χ1n) is 6.86. The molecule has 1 N–H and O–H groups in total. The van der Waals surface area contributed by atoms with Crippen molar-refractivity contribution in [3.63, 3.8) is 0 Å². The number of hydrogen-bond donors (Lipinski definition) is 1. The highest BCUT2D eigenvalue weighted by molar-refractivity contribution is 6.36. The largest absolute Gasteiger partial charge is 0.497 e. The number of pyridine rings is 1. The molecule has 1 amide bonds. The third-order valence-electron chi connectivity index (χ3n) is 3.25. The zero-order valence-electron chi connectivity index (χ0n) is 13.0. The molecule has 0 bridgehead atoms. The van der Waals surface area contributed by atoms with Crippen LogP contribution in [-0.2, 0) is 4.79 Å². The minimum Gasteiger partial charge on any atom is -0.497 e. The van der Waals surface area contributed by atoms with Gasteiger partial charge in [-0.25, -0.2) is 4.98 Å². The molecule has 0 unspecified atom stereocenters. The number of amides is 1. The third-order valence-corrected chi connectivity index (χ3v) is 3.75. The van der Waals surface area contributed by atoms with Crippen LogP contribution in [0.4, 0.5) is 5.82 Å². The van der Waals surface area contributed by atoms with Gasteiger partial charge in [0.25, 0.3) is 0 Å². The van der Waals surface area contributed by atoms with Crippen molar-refractivity contribution >= 4 is 41.0 Å². The lowest BCUT2D eigenvalue weighted by Gasteiger charge is -2.09. The van der Waals surface area contributed by atoms with E-state index in [1.165, 1.54) is 18.3 Å². The Hall–Kier alpha value is -2.04. The number of halogens is 2. The summed E-state index contributed by atoms with van der Waals surface area (Å²) in [7, 11) is 1.63. The normalized spacial score (nSPS) is 10.8. The second-order valence-corrected chi connectivity index (χ2v) is 5.83. The van der Waals surface area contributed by atoms with Gasteiger partial charge in [0.1, 0.15) is 5.75 Å². The molecular weight excluding hydrogens is 335 g/mol. The topological polar surface area (TPSA) is 51.2 Å². The number of carbonyl (C=O) groups excluding carboxylic acids is 1. The molecule has 0 fully saturated rings. The van der Waals surface area contributed by atoms with Gasteiger partial charge in [0.2, 0.25) is 5.91 Å². The smallest absolute Gasteiger partial charge is 0.249 e. The number of aromatic nitrogens is 1. The summed E-state index contributed by atoms with van der Waals surface area (Å²) in [5.74, 6) is 0.740. The van der Waals surface area contributed by atoms with Crippen LogP contribution in [0, 0.1) is 13.8 Å². The van der Waals surface area contributed by atoms with Gasteiger partial charge in [0, 0.05) is 12.3 Å². The Labute approximate surface area is 145 Å². The Balaban J connectivity index is 2.15. The molecule has 120 valence electrons. The first-order chi connectivity index (χ1) is 10.9. The van der Waals surface area contributed by atoms with Crippen LogP contribution < -0.4 is 10.1 Å². The van der Waals surface area contributed by atoms with Gasteiger partial charge in [-0.05, 0) is 54.8 Å². The first kappa shape index (κ1) is 17.3. The summed E-state index contributed by atoms with van der Waals surface area (Å²) in [5.41, 5.74) is 3.01. The number of ether oxygens (including phenoxy) is 1. The molecule has 0 saturated carbocycles. The van der Waals surface area contributed by atoms with E-state index in [1.807, 2.05) is 26.0 Å². The summed E-state index contributed by atoms with van der Waals surface area (Å²) < 4.78 is 5.22. The Kier molecular flexibility index (Phi) is 5.64. The van der Waals surface area contributed by atoms with Gasteiger partial charge in [-0.3, -0.25) is 4.79 Å². The van der Waals surface area contributed by atoms with Crippen molar-refractivity contribution in [1.82, 2.24) is 4.98 Å². The molecule has 0 saturated heterocycles. The molecular formula is C17H16Cl2N2O2. The van der Waals surface area contributed by atoms with E-state index in [2.05, 4.69) is 10.3 Å². The molecule has 0 spiro atoms. The number of nitrogens with zero attached hydrogens (tertiary/aromatic N) is 1. The quantitative estimate of drug-likeness (QED) is 0.815. The van der Waals surface area contributed by atoms with E-state index in [9.17, 15) is 4.79 Å². The van der Waals surface area contributed by atoms with Gasteiger partial charge in [0.15, 0.2) is 5.82 Å².